The number of fused-ring (bicyclic) bond motifs is 1. The van der Waals surface area contributed by atoms with E-state index in [9.17, 15) is 18.0 Å². The summed E-state index contributed by atoms with van der Waals surface area (Å²) in [6, 6.07) is 11.7. The largest absolute Gasteiger partial charge is 0.467 e. The minimum Gasteiger partial charge on any atom is -0.467 e. The average Bonchev–Trinajstić information content (AvgIpc) is 3.55. The van der Waals surface area contributed by atoms with Crippen molar-refractivity contribution in [2.24, 2.45) is 0 Å². The van der Waals surface area contributed by atoms with Gasteiger partial charge in [0.1, 0.15) is 11.6 Å². The van der Waals surface area contributed by atoms with E-state index in [1.54, 1.807) is 23.7 Å². The minimum absolute atomic E-state index is 0.0957. The third-order valence-electron chi connectivity index (χ3n) is 6.10. The lowest BCUT2D eigenvalue weighted by Crippen LogP contribution is -2.35. The highest BCUT2D eigenvalue weighted by Gasteiger charge is 2.47. The number of nitrogens with zero attached hydrogens (tertiary/aromatic N) is 4. The molecule has 5 rings (SSSR count). The molecule has 4 aromatic rings. The number of nitrogens with one attached hydrogen (secondary N) is 2. The molecule has 2 atom stereocenters. The molecule has 182 valence electrons. The predicted octanol–water partition coefficient (Wildman–Crippen LogP) is 5.25. The number of aryl methyl sites for hydroxylation is 1. The SMILES string of the molecule is Cc1nn(Cc2ccccc2)c(C)c1NC(=O)c1cc2n(n1)[C@H](C(F)(F)F)C[C@H](c1ccco1)N2. The van der Waals surface area contributed by atoms with Gasteiger partial charge in [-0.05, 0) is 31.5 Å². The number of hydrogen-bond acceptors (Lipinski definition) is 5. The average molecular weight is 484 g/mol. The highest BCUT2D eigenvalue weighted by Crippen LogP contribution is 2.43. The Labute approximate surface area is 198 Å². The van der Waals surface area contributed by atoms with Crippen LogP contribution in [-0.4, -0.2) is 31.6 Å². The van der Waals surface area contributed by atoms with Crippen molar-refractivity contribution in [3.05, 3.63) is 83.2 Å². The minimum atomic E-state index is -4.55. The molecule has 0 aliphatic carbocycles. The van der Waals surface area contributed by atoms with Crippen molar-refractivity contribution in [3.8, 4) is 0 Å². The first-order valence-corrected chi connectivity index (χ1v) is 11.1. The van der Waals surface area contributed by atoms with E-state index in [1.165, 1.54) is 12.3 Å². The van der Waals surface area contributed by atoms with E-state index in [4.69, 9.17) is 4.42 Å². The van der Waals surface area contributed by atoms with Gasteiger partial charge in [0.15, 0.2) is 11.7 Å². The second-order valence-electron chi connectivity index (χ2n) is 8.51. The number of halogens is 3. The number of hydrogen-bond donors (Lipinski definition) is 2. The Morgan fingerprint density at radius 2 is 1.94 bits per heavy atom. The van der Waals surface area contributed by atoms with E-state index in [0.29, 0.717) is 23.7 Å². The molecule has 1 aromatic carbocycles. The number of rotatable bonds is 5. The maximum Gasteiger partial charge on any atom is 0.410 e. The zero-order chi connectivity index (χ0) is 24.7. The lowest BCUT2D eigenvalue weighted by atomic mass is 10.0. The van der Waals surface area contributed by atoms with E-state index >= 15 is 0 Å². The van der Waals surface area contributed by atoms with Gasteiger partial charge >= 0.3 is 6.18 Å². The van der Waals surface area contributed by atoms with E-state index in [0.717, 1.165) is 15.9 Å². The van der Waals surface area contributed by atoms with Crippen LogP contribution in [0.25, 0.3) is 0 Å². The fourth-order valence-electron chi connectivity index (χ4n) is 4.33. The van der Waals surface area contributed by atoms with Gasteiger partial charge in [0, 0.05) is 12.5 Å². The standard InChI is InChI=1S/C24H23F3N6O2/c1-14-22(15(2)32(30-14)13-16-7-4-3-5-8-16)29-23(34)18-12-21-28-17(19-9-6-10-35-19)11-20(24(25,26)27)33(21)31-18/h3-10,12,17,20,28H,11,13H2,1-2H3,(H,29,34)/t17-,20+/m1/s1. The quantitative estimate of drug-likeness (QED) is 0.404. The molecule has 0 bridgehead atoms. The molecule has 8 nitrogen and oxygen atoms in total. The van der Waals surface area contributed by atoms with Gasteiger partial charge in [-0.2, -0.15) is 23.4 Å². The second kappa shape index (κ2) is 8.64. The summed E-state index contributed by atoms with van der Waals surface area (Å²) in [4.78, 5) is 13.0. The number of furan rings is 1. The van der Waals surface area contributed by atoms with Crippen LogP contribution in [0, 0.1) is 13.8 Å². The first kappa shape index (κ1) is 22.8. The molecule has 2 N–H and O–H groups in total. The Bertz CT molecular complexity index is 1340. The van der Waals surface area contributed by atoms with E-state index in [2.05, 4.69) is 20.8 Å². The van der Waals surface area contributed by atoms with Crippen molar-refractivity contribution in [1.29, 1.82) is 0 Å². The predicted molar refractivity (Wildman–Crippen MR) is 122 cm³/mol. The van der Waals surface area contributed by atoms with E-state index in [1.807, 2.05) is 37.3 Å². The van der Waals surface area contributed by atoms with E-state index in [-0.39, 0.29) is 17.9 Å². The smallest absolute Gasteiger partial charge is 0.410 e. The molecule has 0 saturated heterocycles. The number of carbonyl (C=O) groups excluding carboxylic acids is 1. The van der Waals surface area contributed by atoms with Crippen molar-refractivity contribution >= 4 is 17.4 Å². The summed E-state index contributed by atoms with van der Waals surface area (Å²) in [6.45, 7) is 4.11. The molecule has 0 fully saturated rings. The molecule has 1 aliphatic rings. The third kappa shape index (κ3) is 4.41. The van der Waals surface area contributed by atoms with Gasteiger partial charge in [0.05, 0.1) is 35.9 Å². The van der Waals surface area contributed by atoms with Crippen LogP contribution in [0.15, 0.2) is 59.2 Å². The normalized spacial score (nSPS) is 17.6. The van der Waals surface area contributed by atoms with Crippen molar-refractivity contribution in [1.82, 2.24) is 19.6 Å². The first-order valence-electron chi connectivity index (χ1n) is 11.1. The fraction of sp³-hybridized carbons (Fsp3) is 0.292. The molecule has 4 heterocycles. The van der Waals surface area contributed by atoms with Crippen LogP contribution < -0.4 is 10.6 Å². The molecular formula is C24H23F3N6O2. The molecule has 0 spiro atoms. The maximum absolute atomic E-state index is 13.8. The summed E-state index contributed by atoms with van der Waals surface area (Å²) >= 11 is 0. The van der Waals surface area contributed by atoms with Crippen LogP contribution >= 0.6 is 0 Å². The Balaban J connectivity index is 1.40. The van der Waals surface area contributed by atoms with Gasteiger partial charge in [-0.3, -0.25) is 9.48 Å². The molecular weight excluding hydrogens is 461 g/mol. The van der Waals surface area contributed by atoms with Gasteiger partial charge in [0.25, 0.3) is 5.91 Å². The van der Waals surface area contributed by atoms with E-state index < -0.39 is 24.2 Å². The molecule has 3 aromatic heterocycles. The lowest BCUT2D eigenvalue weighted by Gasteiger charge is -2.32. The van der Waals surface area contributed by atoms with Crippen molar-refractivity contribution in [2.45, 2.75) is 45.1 Å². The summed E-state index contributed by atoms with van der Waals surface area (Å²) in [5, 5.41) is 14.3. The van der Waals surface area contributed by atoms with Gasteiger partial charge in [-0.15, -0.1) is 0 Å². The number of anilines is 2. The maximum atomic E-state index is 13.8. The van der Waals surface area contributed by atoms with Crippen molar-refractivity contribution in [3.63, 3.8) is 0 Å². The lowest BCUT2D eigenvalue weighted by molar-refractivity contribution is -0.174. The summed E-state index contributed by atoms with van der Waals surface area (Å²) in [5.74, 6) is -0.136. The zero-order valence-electron chi connectivity index (χ0n) is 19.0. The molecule has 0 unspecified atom stereocenters. The van der Waals surface area contributed by atoms with Crippen LogP contribution in [0.1, 0.15) is 51.7 Å². The van der Waals surface area contributed by atoms with Gasteiger partial charge in [0.2, 0.25) is 0 Å². The Hall–Kier alpha value is -4.02. The summed E-state index contributed by atoms with van der Waals surface area (Å²) in [7, 11) is 0. The fourth-order valence-corrected chi connectivity index (χ4v) is 4.33. The molecule has 0 saturated carbocycles. The van der Waals surface area contributed by atoms with Crippen LogP contribution in [0.2, 0.25) is 0 Å². The van der Waals surface area contributed by atoms with Crippen molar-refractivity contribution in [2.75, 3.05) is 10.6 Å². The zero-order valence-corrected chi connectivity index (χ0v) is 19.0. The van der Waals surface area contributed by atoms with Crippen LogP contribution in [-0.2, 0) is 6.54 Å². The van der Waals surface area contributed by atoms with Crippen molar-refractivity contribution < 1.29 is 22.4 Å². The third-order valence-corrected chi connectivity index (χ3v) is 6.10. The number of aromatic nitrogens is 4. The Kier molecular flexibility index (Phi) is 5.62. The molecule has 35 heavy (non-hydrogen) atoms. The second-order valence-corrected chi connectivity index (χ2v) is 8.51. The van der Waals surface area contributed by atoms with Gasteiger partial charge in [-0.1, -0.05) is 30.3 Å². The van der Waals surface area contributed by atoms with Crippen LogP contribution in [0.3, 0.4) is 0 Å². The molecule has 11 heteroatoms. The van der Waals surface area contributed by atoms with Crippen LogP contribution in [0.4, 0.5) is 24.7 Å². The Morgan fingerprint density at radius 1 is 1.17 bits per heavy atom. The summed E-state index contributed by atoms with van der Waals surface area (Å²) in [6.07, 6.45) is -3.45. The number of benzene rings is 1. The molecule has 1 aliphatic heterocycles. The van der Waals surface area contributed by atoms with Crippen LogP contribution in [0.5, 0.6) is 0 Å². The summed E-state index contributed by atoms with van der Waals surface area (Å²) in [5.41, 5.74) is 2.75. The monoisotopic (exact) mass is 484 g/mol. The van der Waals surface area contributed by atoms with Gasteiger partial charge < -0.3 is 15.1 Å². The Morgan fingerprint density at radius 3 is 2.63 bits per heavy atom. The highest BCUT2D eigenvalue weighted by atomic mass is 19.4. The molecule has 1 amide bonds. The number of alkyl halides is 3. The molecule has 0 radical (unpaired) electrons. The van der Waals surface area contributed by atoms with Gasteiger partial charge in [-0.25, -0.2) is 4.68 Å². The summed E-state index contributed by atoms with van der Waals surface area (Å²) < 4.78 is 49.5. The number of amides is 1. The topological polar surface area (TPSA) is 89.9 Å². The first-order chi connectivity index (χ1) is 16.7. The number of carbonyl (C=O) groups is 1. The highest BCUT2D eigenvalue weighted by molar-refractivity contribution is 6.04.